The number of rotatable bonds is 3. The fourth-order valence-corrected chi connectivity index (χ4v) is 2.88. The highest BCUT2D eigenvalue weighted by atomic mass is 19.1. The maximum absolute atomic E-state index is 13.3. The topological polar surface area (TPSA) is 70.0 Å². The van der Waals surface area contributed by atoms with E-state index in [4.69, 9.17) is 4.74 Å². The summed E-state index contributed by atoms with van der Waals surface area (Å²) in [6.45, 7) is 5.50. The van der Waals surface area contributed by atoms with E-state index in [2.05, 4.69) is 0 Å². The number of hydrogen-bond acceptors (Lipinski definition) is 4. The molecule has 1 unspecified atom stereocenters. The third-order valence-corrected chi connectivity index (χ3v) is 3.89. The molecule has 5 nitrogen and oxygen atoms in total. The van der Waals surface area contributed by atoms with Crippen LogP contribution in [0.3, 0.4) is 0 Å². The van der Waals surface area contributed by atoms with Gasteiger partial charge in [0.25, 0.3) is 0 Å². The minimum atomic E-state index is -0.993. The molecule has 23 heavy (non-hydrogen) atoms. The van der Waals surface area contributed by atoms with Crippen molar-refractivity contribution in [2.24, 2.45) is 0 Å². The van der Waals surface area contributed by atoms with Gasteiger partial charge in [-0.2, -0.15) is 0 Å². The number of carbonyl (C=O) groups is 1. The number of aliphatic hydroxyl groups excluding tert-OH is 2. The summed E-state index contributed by atoms with van der Waals surface area (Å²) in [6, 6.07) is 3.45. The molecular weight excluding hydrogens is 301 g/mol. The average molecular weight is 325 g/mol. The van der Waals surface area contributed by atoms with Crippen molar-refractivity contribution in [3.63, 3.8) is 0 Å². The molecule has 6 heteroatoms. The second-order valence-electron chi connectivity index (χ2n) is 6.83. The molecule has 2 atom stereocenters. The van der Waals surface area contributed by atoms with Gasteiger partial charge in [-0.1, -0.05) is 6.07 Å². The second kappa shape index (κ2) is 6.84. The van der Waals surface area contributed by atoms with Gasteiger partial charge in [-0.05, 0) is 56.9 Å². The number of carbonyl (C=O) groups excluding carboxylic acids is 1. The lowest BCUT2D eigenvalue weighted by molar-refractivity contribution is 0.00461. The van der Waals surface area contributed by atoms with Crippen LogP contribution in [-0.4, -0.2) is 39.4 Å². The molecule has 1 aromatic rings. The Labute approximate surface area is 135 Å². The molecule has 0 aliphatic carbocycles. The Morgan fingerprint density at radius 2 is 2.17 bits per heavy atom. The van der Waals surface area contributed by atoms with Crippen LogP contribution in [0, 0.1) is 5.82 Å². The summed E-state index contributed by atoms with van der Waals surface area (Å²) in [4.78, 5) is 13.8. The van der Waals surface area contributed by atoms with Crippen LogP contribution in [-0.2, 0) is 11.3 Å². The van der Waals surface area contributed by atoms with E-state index in [9.17, 15) is 19.4 Å². The quantitative estimate of drug-likeness (QED) is 0.896. The molecule has 1 heterocycles. The third-order valence-electron chi connectivity index (χ3n) is 3.89. The molecule has 0 radical (unpaired) electrons. The first kappa shape index (κ1) is 17.7. The number of nitrogens with zero attached hydrogens (tertiary/aromatic N) is 1. The fourth-order valence-electron chi connectivity index (χ4n) is 2.88. The van der Waals surface area contributed by atoms with Crippen LogP contribution in [0.2, 0.25) is 0 Å². The maximum atomic E-state index is 13.3. The van der Waals surface area contributed by atoms with Crippen molar-refractivity contribution in [2.75, 3.05) is 6.54 Å². The van der Waals surface area contributed by atoms with Gasteiger partial charge in [0.1, 0.15) is 11.4 Å². The molecule has 1 aromatic carbocycles. The van der Waals surface area contributed by atoms with E-state index in [-0.39, 0.29) is 6.61 Å². The first-order valence-electron chi connectivity index (χ1n) is 7.80. The highest BCUT2D eigenvalue weighted by Crippen LogP contribution is 2.32. The van der Waals surface area contributed by atoms with Crippen molar-refractivity contribution >= 4 is 6.09 Å². The first-order valence-corrected chi connectivity index (χ1v) is 7.80. The maximum Gasteiger partial charge on any atom is 0.410 e. The number of aliphatic hydroxyl groups is 2. The van der Waals surface area contributed by atoms with Crippen LogP contribution in [0.15, 0.2) is 18.2 Å². The summed E-state index contributed by atoms with van der Waals surface area (Å²) in [5.74, 6) is -0.472. The number of amides is 1. The Bertz CT molecular complexity index is 570. The molecular formula is C17H24FNO4. The highest BCUT2D eigenvalue weighted by molar-refractivity contribution is 5.69. The minimum absolute atomic E-state index is 0.327. The summed E-state index contributed by atoms with van der Waals surface area (Å²) < 4.78 is 18.7. The zero-order valence-electron chi connectivity index (χ0n) is 13.8. The van der Waals surface area contributed by atoms with E-state index in [1.165, 1.54) is 23.1 Å². The van der Waals surface area contributed by atoms with Crippen LogP contribution in [0.4, 0.5) is 9.18 Å². The van der Waals surface area contributed by atoms with Crippen molar-refractivity contribution in [3.05, 3.63) is 35.1 Å². The monoisotopic (exact) mass is 325 g/mol. The molecule has 1 aliphatic heterocycles. The Morgan fingerprint density at radius 3 is 2.78 bits per heavy atom. The van der Waals surface area contributed by atoms with Gasteiger partial charge in [0, 0.05) is 6.54 Å². The van der Waals surface area contributed by atoms with Gasteiger partial charge < -0.3 is 19.8 Å². The smallest absolute Gasteiger partial charge is 0.410 e. The van der Waals surface area contributed by atoms with E-state index in [0.717, 1.165) is 6.42 Å². The Kier molecular flexibility index (Phi) is 5.26. The van der Waals surface area contributed by atoms with E-state index in [0.29, 0.717) is 24.1 Å². The molecule has 2 rings (SSSR count). The van der Waals surface area contributed by atoms with Gasteiger partial charge >= 0.3 is 6.09 Å². The van der Waals surface area contributed by atoms with Gasteiger partial charge in [0.05, 0.1) is 18.8 Å². The van der Waals surface area contributed by atoms with E-state index < -0.39 is 29.7 Å². The summed E-state index contributed by atoms with van der Waals surface area (Å²) in [5.41, 5.74) is 0.157. The molecule has 1 saturated heterocycles. The summed E-state index contributed by atoms with van der Waals surface area (Å²) >= 11 is 0. The first-order chi connectivity index (χ1) is 10.7. The predicted octanol–water partition coefficient (Wildman–Crippen LogP) is 2.75. The molecule has 1 amide bonds. The molecule has 0 spiro atoms. The molecule has 1 aliphatic rings. The molecule has 0 aromatic heterocycles. The third kappa shape index (κ3) is 4.20. The number of hydrogen-bond donors (Lipinski definition) is 2. The SMILES string of the molecule is CC(C)(C)OC(=O)N1CCC[C@H]1C(O)c1ccc(F)cc1CO. The lowest BCUT2D eigenvalue weighted by Crippen LogP contribution is -2.42. The van der Waals surface area contributed by atoms with Crippen LogP contribution < -0.4 is 0 Å². The zero-order chi connectivity index (χ0) is 17.2. The zero-order valence-corrected chi connectivity index (χ0v) is 13.8. The lowest BCUT2D eigenvalue weighted by Gasteiger charge is -2.31. The lowest BCUT2D eigenvalue weighted by atomic mass is 9.96. The predicted molar refractivity (Wildman–Crippen MR) is 83.2 cm³/mol. The Hall–Kier alpha value is -1.66. The van der Waals surface area contributed by atoms with Crippen molar-refractivity contribution in [2.45, 2.75) is 58.0 Å². The van der Waals surface area contributed by atoms with E-state index >= 15 is 0 Å². The second-order valence-corrected chi connectivity index (χ2v) is 6.83. The van der Waals surface area contributed by atoms with Crippen LogP contribution >= 0.6 is 0 Å². The van der Waals surface area contributed by atoms with Crippen molar-refractivity contribution in [1.82, 2.24) is 4.90 Å². The van der Waals surface area contributed by atoms with Gasteiger partial charge in [0.15, 0.2) is 0 Å². The van der Waals surface area contributed by atoms with Crippen molar-refractivity contribution < 1.29 is 24.1 Å². The molecule has 0 bridgehead atoms. The van der Waals surface area contributed by atoms with Crippen LogP contribution in [0.25, 0.3) is 0 Å². The molecule has 1 fully saturated rings. The Balaban J connectivity index is 2.21. The highest BCUT2D eigenvalue weighted by Gasteiger charge is 2.37. The van der Waals surface area contributed by atoms with E-state index in [1.807, 2.05) is 0 Å². The van der Waals surface area contributed by atoms with Crippen molar-refractivity contribution in [3.8, 4) is 0 Å². The minimum Gasteiger partial charge on any atom is -0.444 e. The molecule has 2 N–H and O–H groups in total. The number of benzene rings is 1. The largest absolute Gasteiger partial charge is 0.444 e. The van der Waals surface area contributed by atoms with E-state index in [1.54, 1.807) is 20.8 Å². The van der Waals surface area contributed by atoms with Crippen molar-refractivity contribution in [1.29, 1.82) is 0 Å². The van der Waals surface area contributed by atoms with Crippen LogP contribution in [0.1, 0.15) is 50.8 Å². The number of halogens is 1. The average Bonchev–Trinajstić information content (AvgIpc) is 2.94. The fraction of sp³-hybridized carbons (Fsp3) is 0.588. The molecule has 128 valence electrons. The Morgan fingerprint density at radius 1 is 1.48 bits per heavy atom. The standard InChI is InChI=1S/C17H24FNO4/c1-17(2,3)23-16(22)19-8-4-5-14(19)15(21)13-7-6-12(18)9-11(13)10-20/h6-7,9,14-15,20-21H,4-5,8,10H2,1-3H3/t14-,15?/m0/s1. The number of likely N-dealkylation sites (tertiary alicyclic amines) is 1. The summed E-state index contributed by atoms with van der Waals surface area (Å²) in [6.07, 6.45) is -0.0706. The van der Waals surface area contributed by atoms with Gasteiger partial charge in [-0.15, -0.1) is 0 Å². The summed E-state index contributed by atoms with van der Waals surface area (Å²) in [7, 11) is 0. The van der Waals surface area contributed by atoms with Gasteiger partial charge in [-0.3, -0.25) is 0 Å². The van der Waals surface area contributed by atoms with Gasteiger partial charge in [-0.25, -0.2) is 9.18 Å². The molecule has 0 saturated carbocycles. The van der Waals surface area contributed by atoms with Gasteiger partial charge in [0.2, 0.25) is 0 Å². The normalized spacial score (nSPS) is 19.7. The van der Waals surface area contributed by atoms with Crippen LogP contribution in [0.5, 0.6) is 0 Å². The summed E-state index contributed by atoms with van der Waals surface area (Å²) in [5, 5.41) is 20.0. The number of ether oxygens (including phenoxy) is 1.